The summed E-state index contributed by atoms with van der Waals surface area (Å²) in [6.07, 6.45) is 2.82. The number of carbonyl (C=O) groups is 3. The van der Waals surface area contributed by atoms with Crippen LogP contribution in [-0.2, 0) is 9.59 Å². The highest BCUT2D eigenvalue weighted by Gasteiger charge is 2.05. The van der Waals surface area contributed by atoms with E-state index in [-0.39, 0.29) is 17.6 Å². The Morgan fingerprint density at radius 3 is 2.61 bits per heavy atom. The van der Waals surface area contributed by atoms with Gasteiger partial charge in [-0.1, -0.05) is 40.2 Å². The summed E-state index contributed by atoms with van der Waals surface area (Å²) >= 11 is 9.25. The van der Waals surface area contributed by atoms with E-state index in [1.54, 1.807) is 0 Å². The Morgan fingerprint density at radius 2 is 1.91 bits per heavy atom. The first kappa shape index (κ1) is 20.0. The highest BCUT2D eigenvalue weighted by molar-refractivity contribution is 9.10. The van der Waals surface area contributed by atoms with Crippen LogP contribution in [0.1, 0.15) is 25.7 Å². The zero-order valence-electron chi connectivity index (χ0n) is 12.4. The van der Waals surface area contributed by atoms with E-state index in [1.807, 2.05) is 24.3 Å². The van der Waals surface area contributed by atoms with E-state index in [0.29, 0.717) is 13.0 Å². The van der Waals surface area contributed by atoms with Crippen molar-refractivity contribution < 1.29 is 14.4 Å². The summed E-state index contributed by atoms with van der Waals surface area (Å²) in [5.41, 5.74) is 0.767. The van der Waals surface area contributed by atoms with Gasteiger partial charge in [0.25, 0.3) is 4.57 Å². The van der Waals surface area contributed by atoms with Gasteiger partial charge in [-0.25, -0.2) is 0 Å². The van der Waals surface area contributed by atoms with Gasteiger partial charge in [-0.05, 0) is 42.6 Å². The van der Waals surface area contributed by atoms with Crippen molar-refractivity contribution in [3.8, 4) is 0 Å². The zero-order chi connectivity index (χ0) is 17.1. The van der Waals surface area contributed by atoms with Gasteiger partial charge in [0, 0.05) is 23.1 Å². The molecule has 5 nitrogen and oxygen atoms in total. The molecule has 8 heteroatoms. The molecule has 2 N–H and O–H groups in total. The third kappa shape index (κ3) is 10.4. The van der Waals surface area contributed by atoms with Gasteiger partial charge in [0.05, 0.1) is 5.75 Å². The van der Waals surface area contributed by atoms with E-state index in [1.165, 1.54) is 0 Å². The molecule has 0 heterocycles. The number of amides is 2. The second kappa shape index (κ2) is 11.5. The Bertz CT molecular complexity index is 557. The molecule has 0 aromatic heterocycles. The summed E-state index contributed by atoms with van der Waals surface area (Å²) in [7, 11) is 0. The summed E-state index contributed by atoms with van der Waals surface area (Å²) in [5, 5.41) is 5.53. The molecule has 0 aliphatic heterocycles. The normalized spacial score (nSPS) is 10.2. The smallest absolute Gasteiger partial charge is 0.280 e. The van der Waals surface area contributed by atoms with Crippen LogP contribution in [0.25, 0.3) is 0 Å². The highest BCUT2D eigenvalue weighted by atomic mass is 79.9. The maximum atomic E-state index is 11.8. The van der Waals surface area contributed by atoms with Crippen LogP contribution in [0.15, 0.2) is 28.7 Å². The van der Waals surface area contributed by atoms with Crippen LogP contribution in [0.3, 0.4) is 0 Å². The van der Waals surface area contributed by atoms with Crippen molar-refractivity contribution >= 4 is 61.4 Å². The minimum Gasteiger partial charge on any atom is -0.355 e. The molecule has 0 atom stereocenters. The van der Waals surface area contributed by atoms with Crippen LogP contribution in [0.2, 0.25) is 0 Å². The highest BCUT2D eigenvalue weighted by Crippen LogP contribution is 2.16. The van der Waals surface area contributed by atoms with E-state index in [0.717, 1.165) is 41.2 Å². The molecule has 0 fully saturated rings. The number of nitrogens with one attached hydrogen (secondary N) is 2. The molecule has 1 aromatic rings. The van der Waals surface area contributed by atoms with Gasteiger partial charge in [0.15, 0.2) is 0 Å². The third-order valence-corrected chi connectivity index (χ3v) is 4.28. The molecule has 0 spiro atoms. The lowest BCUT2D eigenvalue weighted by Gasteiger charge is -2.06. The van der Waals surface area contributed by atoms with E-state index < -0.39 is 4.57 Å². The lowest BCUT2D eigenvalue weighted by atomic mass is 10.2. The maximum Gasteiger partial charge on any atom is 0.280 e. The predicted octanol–water partition coefficient (Wildman–Crippen LogP) is 4.16. The van der Waals surface area contributed by atoms with E-state index in [4.69, 9.17) is 11.6 Å². The number of anilines is 1. The van der Waals surface area contributed by atoms with Crippen LogP contribution in [0.5, 0.6) is 0 Å². The van der Waals surface area contributed by atoms with Crippen LogP contribution >= 0.6 is 39.3 Å². The number of rotatable bonds is 9. The standard InChI is InChI=1S/C15H18BrClN2O3S/c16-11-5-4-6-12(9-11)19-13(20)7-2-1-3-8-18-14(21)10-23-15(17)22/h4-6,9H,1-3,7-8,10H2,(H,18,21)(H,19,20). The third-order valence-electron chi connectivity index (χ3n) is 2.83. The van der Waals surface area contributed by atoms with Crippen LogP contribution in [-0.4, -0.2) is 28.7 Å². The molecule has 0 bridgehead atoms. The largest absolute Gasteiger partial charge is 0.355 e. The van der Waals surface area contributed by atoms with Gasteiger partial charge in [-0.2, -0.15) is 0 Å². The number of hydrogen-bond acceptors (Lipinski definition) is 4. The fourth-order valence-electron chi connectivity index (χ4n) is 1.78. The summed E-state index contributed by atoms with van der Waals surface area (Å²) in [5.74, 6) is -0.197. The number of halogens is 2. The molecule has 1 aromatic carbocycles. The molecule has 2 amide bonds. The second-order valence-corrected chi connectivity index (χ2v) is 7.18. The second-order valence-electron chi connectivity index (χ2n) is 4.75. The van der Waals surface area contributed by atoms with E-state index in [9.17, 15) is 14.4 Å². The Kier molecular flexibility index (Phi) is 9.98. The quantitative estimate of drug-likeness (QED) is 0.464. The molecule has 0 aliphatic carbocycles. The minimum atomic E-state index is -0.586. The fourth-order valence-corrected chi connectivity index (χ4v) is 2.69. The first-order valence-electron chi connectivity index (χ1n) is 7.12. The zero-order valence-corrected chi connectivity index (χ0v) is 15.6. The first-order chi connectivity index (χ1) is 11.0. The van der Waals surface area contributed by atoms with Crippen molar-refractivity contribution in [3.05, 3.63) is 28.7 Å². The van der Waals surface area contributed by atoms with Gasteiger partial charge in [-0.3, -0.25) is 14.4 Å². The molecular formula is C15H18BrClN2O3S. The van der Waals surface area contributed by atoms with Gasteiger partial charge in [-0.15, -0.1) is 0 Å². The van der Waals surface area contributed by atoms with Gasteiger partial charge < -0.3 is 10.6 Å². The van der Waals surface area contributed by atoms with Crippen molar-refractivity contribution in [2.24, 2.45) is 0 Å². The molecule has 0 radical (unpaired) electrons. The van der Waals surface area contributed by atoms with Crippen LogP contribution < -0.4 is 10.6 Å². The maximum absolute atomic E-state index is 11.8. The average molecular weight is 422 g/mol. The number of hydrogen-bond donors (Lipinski definition) is 2. The monoisotopic (exact) mass is 420 g/mol. The minimum absolute atomic E-state index is 0.0239. The fraction of sp³-hybridized carbons (Fsp3) is 0.400. The van der Waals surface area contributed by atoms with E-state index >= 15 is 0 Å². The SMILES string of the molecule is O=C(CSC(=O)Cl)NCCCCCC(=O)Nc1cccc(Br)c1. The molecular weight excluding hydrogens is 404 g/mol. The Labute approximate surface area is 153 Å². The van der Waals surface area contributed by atoms with Crippen molar-refractivity contribution in [1.29, 1.82) is 0 Å². The molecule has 0 unspecified atom stereocenters. The summed E-state index contributed by atoms with van der Waals surface area (Å²) < 4.78 is 0.330. The van der Waals surface area contributed by atoms with Crippen LogP contribution in [0, 0.1) is 0 Å². The lowest BCUT2D eigenvalue weighted by Crippen LogP contribution is -2.26. The Balaban J connectivity index is 2.05. The molecule has 0 aliphatic rings. The number of unbranched alkanes of at least 4 members (excludes halogenated alkanes) is 2. The predicted molar refractivity (Wildman–Crippen MR) is 98.0 cm³/mol. The van der Waals surface area contributed by atoms with Crippen molar-refractivity contribution in [2.45, 2.75) is 25.7 Å². The lowest BCUT2D eigenvalue weighted by molar-refractivity contribution is -0.118. The van der Waals surface area contributed by atoms with Gasteiger partial charge in [0.1, 0.15) is 0 Å². The van der Waals surface area contributed by atoms with Crippen molar-refractivity contribution in [2.75, 3.05) is 17.6 Å². The number of benzene rings is 1. The molecule has 0 saturated heterocycles. The molecule has 0 saturated carbocycles. The number of thioether (sulfide) groups is 1. The summed E-state index contributed by atoms with van der Waals surface area (Å²) in [4.78, 5) is 33.6. The number of carbonyl (C=O) groups excluding carboxylic acids is 3. The molecule has 1 rings (SSSR count). The molecule has 23 heavy (non-hydrogen) atoms. The van der Waals surface area contributed by atoms with Gasteiger partial charge >= 0.3 is 0 Å². The Morgan fingerprint density at radius 1 is 1.13 bits per heavy atom. The molecule has 126 valence electrons. The summed E-state index contributed by atoms with van der Waals surface area (Å²) in [6.45, 7) is 0.531. The van der Waals surface area contributed by atoms with Gasteiger partial charge in [0.2, 0.25) is 11.8 Å². The first-order valence-corrected chi connectivity index (χ1v) is 9.27. The van der Waals surface area contributed by atoms with E-state index in [2.05, 4.69) is 26.6 Å². The summed E-state index contributed by atoms with van der Waals surface area (Å²) in [6, 6.07) is 7.43. The average Bonchev–Trinajstić information content (AvgIpc) is 2.48. The van der Waals surface area contributed by atoms with Crippen molar-refractivity contribution in [1.82, 2.24) is 5.32 Å². The topological polar surface area (TPSA) is 75.3 Å². The Hall–Kier alpha value is -1.05. The van der Waals surface area contributed by atoms with Crippen LogP contribution in [0.4, 0.5) is 10.5 Å². The van der Waals surface area contributed by atoms with Crippen molar-refractivity contribution in [3.63, 3.8) is 0 Å².